The van der Waals surface area contributed by atoms with Gasteiger partial charge in [0, 0.05) is 5.92 Å². The molecule has 2 saturated carbocycles. The topological polar surface area (TPSA) is 147 Å². The normalized spacial score (nSPS) is 25.3. The summed E-state index contributed by atoms with van der Waals surface area (Å²) in [4.78, 5) is 24.6. The van der Waals surface area contributed by atoms with Crippen molar-refractivity contribution < 1.29 is 81.8 Å². The minimum Gasteiger partial charge on any atom is -0.459 e. The third-order valence-corrected chi connectivity index (χ3v) is 9.23. The number of ether oxygens (including phenoxy) is 2. The van der Waals surface area contributed by atoms with Gasteiger partial charge in [-0.05, 0) is 82.4 Å². The Labute approximate surface area is 250 Å². The summed E-state index contributed by atoms with van der Waals surface area (Å²) in [6, 6.07) is 2.02. The molecule has 0 aromatic heterocycles. The first kappa shape index (κ1) is 36.8. The van der Waals surface area contributed by atoms with Gasteiger partial charge in [-0.2, -0.15) is 47.9 Å². The van der Waals surface area contributed by atoms with E-state index in [2.05, 4.69) is 0 Å². The summed E-state index contributed by atoms with van der Waals surface area (Å²) in [5, 5.41) is 19.5. The molecule has 2 fully saturated rings. The van der Waals surface area contributed by atoms with Gasteiger partial charge in [0.2, 0.25) is 0 Å². The van der Waals surface area contributed by atoms with E-state index in [0.717, 1.165) is 6.07 Å². The average molecular weight is 689 g/mol. The van der Waals surface area contributed by atoms with Crippen LogP contribution in [0.2, 0.25) is 0 Å². The highest BCUT2D eigenvalue weighted by molar-refractivity contribution is 7.85. The van der Waals surface area contributed by atoms with Crippen molar-refractivity contribution in [3.8, 4) is 0 Å². The van der Waals surface area contributed by atoms with Gasteiger partial charge in [0.25, 0.3) is 15.7 Å². The molecule has 0 radical (unpaired) electrons. The Balaban J connectivity index is 1.71. The molecule has 19 heteroatoms. The maximum Gasteiger partial charge on any atom is 0.426 e. The Bertz CT molecular complexity index is 1340. The number of carbonyl (C=O) groups is 2. The monoisotopic (exact) mass is 688 g/mol. The number of carbonyl (C=O) groups excluding carboxylic acids is 2. The molecule has 0 saturated heterocycles. The highest BCUT2D eigenvalue weighted by atomic mass is 32.2. The van der Waals surface area contributed by atoms with Crippen LogP contribution in [0.1, 0.15) is 79.0 Å². The van der Waals surface area contributed by atoms with Gasteiger partial charge in [-0.15, -0.1) is 0 Å². The van der Waals surface area contributed by atoms with Crippen LogP contribution >= 0.6 is 0 Å². The van der Waals surface area contributed by atoms with Gasteiger partial charge in [-0.25, -0.2) is 9.59 Å². The molecule has 0 amide bonds. The Hall–Kier alpha value is -2.64. The molecule has 0 aliphatic heterocycles. The third-order valence-electron chi connectivity index (χ3n) is 8.40. The summed E-state index contributed by atoms with van der Waals surface area (Å²) in [6.45, 7) is 0.627. The van der Waals surface area contributed by atoms with Crippen LogP contribution in [0, 0.1) is 11.8 Å². The predicted molar refractivity (Wildman–Crippen MR) is 132 cm³/mol. The molecule has 3 N–H and O–H groups in total. The van der Waals surface area contributed by atoms with Gasteiger partial charge in [-0.3, -0.25) is 4.55 Å². The number of hydrogen-bond acceptors (Lipinski definition) is 8. The van der Waals surface area contributed by atoms with E-state index in [4.69, 9.17) is 9.47 Å². The molecule has 3 rings (SSSR count). The lowest BCUT2D eigenvalue weighted by atomic mass is 9.75. The highest BCUT2D eigenvalue weighted by Gasteiger charge is 2.73. The smallest absolute Gasteiger partial charge is 0.426 e. The molecule has 1 aromatic carbocycles. The second-order valence-electron chi connectivity index (χ2n) is 11.4. The maximum atomic E-state index is 13.2. The number of halogens is 9. The zero-order valence-electron chi connectivity index (χ0n) is 23.3. The maximum absolute atomic E-state index is 13.2. The number of benzene rings is 1. The van der Waals surface area contributed by atoms with Gasteiger partial charge in [0.15, 0.2) is 5.60 Å². The van der Waals surface area contributed by atoms with E-state index in [1.54, 1.807) is 0 Å². The van der Waals surface area contributed by atoms with E-state index in [9.17, 15) is 72.3 Å². The van der Waals surface area contributed by atoms with Crippen molar-refractivity contribution in [2.75, 3.05) is 0 Å². The summed E-state index contributed by atoms with van der Waals surface area (Å²) >= 11 is 0. The first-order valence-corrected chi connectivity index (χ1v) is 14.9. The lowest BCUT2D eigenvalue weighted by Crippen LogP contribution is -2.62. The minimum atomic E-state index is -6.04. The fourth-order valence-corrected chi connectivity index (χ4v) is 6.17. The molecule has 2 aliphatic carbocycles. The molecule has 9 nitrogen and oxygen atoms in total. The van der Waals surface area contributed by atoms with Crippen molar-refractivity contribution in [2.24, 2.45) is 11.8 Å². The Morgan fingerprint density at radius 3 is 1.33 bits per heavy atom. The van der Waals surface area contributed by atoms with Gasteiger partial charge in [-0.1, -0.05) is 0 Å². The standard InChI is InChI=1S/C26H29F9O9S/c1-22(38,24(27,28)29)15-2-6-17(7-3-15)43-20(36)13-10-14(12-19(11-13)45(40,41)42)21(37)44-18-8-4-16(5-9-18)23(39,25(30,31)32)26(33,34)35/h10-12,15-18,38-39H,2-9H2,1H3,(H,40,41,42). The minimum absolute atomic E-state index is 0.101. The van der Waals surface area contributed by atoms with E-state index in [0.29, 0.717) is 19.1 Å². The van der Waals surface area contributed by atoms with E-state index >= 15 is 0 Å². The van der Waals surface area contributed by atoms with Gasteiger partial charge < -0.3 is 19.7 Å². The summed E-state index contributed by atoms with van der Waals surface area (Å²) in [7, 11) is -5.06. The quantitative estimate of drug-likeness (QED) is 0.191. The number of esters is 2. The van der Waals surface area contributed by atoms with Crippen molar-refractivity contribution in [3.05, 3.63) is 29.3 Å². The van der Waals surface area contributed by atoms with Crippen LogP contribution in [0.15, 0.2) is 23.1 Å². The lowest BCUT2D eigenvalue weighted by Gasteiger charge is -2.41. The third kappa shape index (κ3) is 7.85. The fraction of sp³-hybridized carbons (Fsp3) is 0.692. The summed E-state index contributed by atoms with van der Waals surface area (Å²) in [5.74, 6) is -6.08. The summed E-state index contributed by atoms with van der Waals surface area (Å²) < 4.78 is 162. The van der Waals surface area contributed by atoms with Crippen LogP contribution in [0.4, 0.5) is 39.5 Å². The molecule has 0 bridgehead atoms. The largest absolute Gasteiger partial charge is 0.459 e. The summed E-state index contributed by atoms with van der Waals surface area (Å²) in [5.41, 5.74) is -9.25. The molecule has 2 aliphatic rings. The van der Waals surface area contributed by atoms with Gasteiger partial charge in [0.1, 0.15) is 12.2 Å². The first-order chi connectivity index (χ1) is 20.3. The van der Waals surface area contributed by atoms with Crippen LogP contribution in [0.25, 0.3) is 0 Å². The van der Waals surface area contributed by atoms with E-state index in [-0.39, 0.29) is 25.7 Å². The molecule has 1 atom stereocenters. The van der Waals surface area contributed by atoms with Crippen molar-refractivity contribution in [1.82, 2.24) is 0 Å². The van der Waals surface area contributed by atoms with Crippen LogP contribution in [-0.2, 0) is 19.6 Å². The van der Waals surface area contributed by atoms with Gasteiger partial charge >= 0.3 is 30.5 Å². The first-order valence-electron chi connectivity index (χ1n) is 13.5. The van der Waals surface area contributed by atoms with Crippen molar-refractivity contribution in [2.45, 2.75) is 105 Å². The van der Waals surface area contributed by atoms with Crippen LogP contribution in [0.5, 0.6) is 0 Å². The molecule has 0 heterocycles. The molecule has 256 valence electrons. The zero-order chi connectivity index (χ0) is 34.4. The van der Waals surface area contributed by atoms with Crippen LogP contribution in [-0.4, -0.2) is 77.1 Å². The number of alkyl halides is 9. The highest BCUT2D eigenvalue weighted by Crippen LogP contribution is 2.52. The number of hydrogen-bond donors (Lipinski definition) is 3. The SMILES string of the molecule is CC(O)(C1CCC(OC(=O)c2cc(C(=O)OC3CCC(C(O)(C(F)(F)F)C(F)(F)F)CC3)cc(S(=O)(=O)O)c2)CC1)C(F)(F)F. The molecule has 1 aromatic rings. The molecular weight excluding hydrogens is 659 g/mol. The second-order valence-corrected chi connectivity index (χ2v) is 12.8. The van der Waals surface area contributed by atoms with Crippen LogP contribution in [0.3, 0.4) is 0 Å². The van der Waals surface area contributed by atoms with Gasteiger partial charge in [0.05, 0.1) is 16.0 Å². The predicted octanol–water partition coefficient (Wildman–Crippen LogP) is 5.53. The van der Waals surface area contributed by atoms with Crippen molar-refractivity contribution in [3.63, 3.8) is 0 Å². The summed E-state index contributed by atoms with van der Waals surface area (Å²) in [6.07, 6.45) is -22.5. The fourth-order valence-electron chi connectivity index (χ4n) is 5.62. The molecule has 0 spiro atoms. The molecule has 45 heavy (non-hydrogen) atoms. The van der Waals surface area contributed by atoms with Crippen molar-refractivity contribution >= 4 is 22.1 Å². The molecule has 1 unspecified atom stereocenters. The number of rotatable bonds is 7. The zero-order valence-corrected chi connectivity index (χ0v) is 24.1. The number of aliphatic hydroxyl groups is 2. The van der Waals surface area contributed by atoms with Crippen molar-refractivity contribution in [1.29, 1.82) is 0 Å². The van der Waals surface area contributed by atoms with Crippen LogP contribution < -0.4 is 0 Å². The van der Waals surface area contributed by atoms with E-state index < -0.39 is 118 Å². The average Bonchev–Trinajstić information content (AvgIpc) is 2.90. The van der Waals surface area contributed by atoms with E-state index in [1.165, 1.54) is 0 Å². The lowest BCUT2D eigenvalue weighted by molar-refractivity contribution is -0.387. The Kier molecular flexibility index (Phi) is 10.2. The molecular formula is C26H29F9O9S. The Morgan fingerprint density at radius 1 is 0.667 bits per heavy atom. The second kappa shape index (κ2) is 12.5. The Morgan fingerprint density at radius 2 is 1.02 bits per heavy atom. The van der Waals surface area contributed by atoms with E-state index in [1.807, 2.05) is 0 Å².